The van der Waals surface area contributed by atoms with Gasteiger partial charge in [-0.3, -0.25) is 4.79 Å². The van der Waals surface area contributed by atoms with Gasteiger partial charge in [0.1, 0.15) is 4.21 Å². The molecule has 3 heterocycles. The molecule has 8 heteroatoms. The zero-order valence-electron chi connectivity index (χ0n) is 16.3. The van der Waals surface area contributed by atoms with Gasteiger partial charge in [0.05, 0.1) is 13.2 Å². The maximum absolute atomic E-state index is 12.6. The zero-order chi connectivity index (χ0) is 20.3. The largest absolute Gasteiger partial charge is 0.378 e. The number of thiophene rings is 1. The lowest BCUT2D eigenvalue weighted by Gasteiger charge is -2.31. The van der Waals surface area contributed by atoms with Gasteiger partial charge in [0.15, 0.2) is 0 Å². The van der Waals surface area contributed by atoms with E-state index < -0.39 is 10.0 Å². The standard InChI is InChI=1S/C21H26N2O4S2/c24-21(22-11-13-27-14-12-22)19-5-3-17(4-6-19)16-18-7-9-23(10-8-18)29(25,26)20-2-1-15-28-20/h1-6,15,18H,7-14,16H2. The van der Waals surface area contributed by atoms with Crippen molar-refractivity contribution < 1.29 is 17.9 Å². The first-order valence-corrected chi connectivity index (χ1v) is 12.4. The van der Waals surface area contributed by atoms with Crippen LogP contribution < -0.4 is 0 Å². The highest BCUT2D eigenvalue weighted by Crippen LogP contribution is 2.28. The summed E-state index contributed by atoms with van der Waals surface area (Å²) >= 11 is 1.27. The van der Waals surface area contributed by atoms with Crippen molar-refractivity contribution >= 4 is 27.3 Å². The topological polar surface area (TPSA) is 66.9 Å². The number of nitrogens with zero attached hydrogens (tertiary/aromatic N) is 2. The molecule has 0 aliphatic carbocycles. The molecule has 2 fully saturated rings. The van der Waals surface area contributed by atoms with E-state index in [2.05, 4.69) is 0 Å². The molecule has 2 aromatic rings. The fourth-order valence-corrected chi connectivity index (χ4v) is 6.57. The molecule has 0 radical (unpaired) electrons. The minimum atomic E-state index is -3.34. The summed E-state index contributed by atoms with van der Waals surface area (Å²) in [7, 11) is -3.34. The predicted octanol–water partition coefficient (Wildman–Crippen LogP) is 2.86. The third kappa shape index (κ3) is 4.71. The van der Waals surface area contributed by atoms with Gasteiger partial charge in [-0.25, -0.2) is 8.42 Å². The maximum Gasteiger partial charge on any atom is 0.254 e. The third-order valence-electron chi connectivity index (χ3n) is 5.69. The molecule has 6 nitrogen and oxygen atoms in total. The number of piperidine rings is 1. The summed E-state index contributed by atoms with van der Waals surface area (Å²) in [5.41, 5.74) is 1.91. The Labute approximate surface area is 176 Å². The van der Waals surface area contributed by atoms with E-state index in [-0.39, 0.29) is 5.91 Å². The highest BCUT2D eigenvalue weighted by Gasteiger charge is 2.30. The summed E-state index contributed by atoms with van der Waals surface area (Å²) in [5, 5.41) is 1.80. The van der Waals surface area contributed by atoms with E-state index in [0.29, 0.717) is 55.1 Å². The number of benzene rings is 1. The molecule has 1 aromatic heterocycles. The minimum absolute atomic E-state index is 0.0620. The first-order valence-electron chi connectivity index (χ1n) is 10.0. The van der Waals surface area contributed by atoms with E-state index in [1.54, 1.807) is 21.8 Å². The third-order valence-corrected chi connectivity index (χ3v) is 8.96. The van der Waals surface area contributed by atoms with Crippen LogP contribution in [0.2, 0.25) is 0 Å². The Morgan fingerprint density at radius 2 is 1.72 bits per heavy atom. The molecule has 1 amide bonds. The molecule has 0 atom stereocenters. The number of hydrogen-bond acceptors (Lipinski definition) is 5. The van der Waals surface area contributed by atoms with Crippen molar-refractivity contribution in [2.24, 2.45) is 5.92 Å². The van der Waals surface area contributed by atoms with Crippen molar-refractivity contribution in [1.82, 2.24) is 9.21 Å². The average Bonchev–Trinajstić information content (AvgIpc) is 3.31. The molecule has 0 bridgehead atoms. The van der Waals surface area contributed by atoms with Gasteiger partial charge in [-0.15, -0.1) is 11.3 Å². The van der Waals surface area contributed by atoms with Crippen LogP contribution in [0, 0.1) is 5.92 Å². The van der Waals surface area contributed by atoms with Gasteiger partial charge >= 0.3 is 0 Å². The number of carbonyl (C=O) groups is 1. The summed E-state index contributed by atoms with van der Waals surface area (Å²) in [4.78, 5) is 14.4. The second-order valence-electron chi connectivity index (χ2n) is 7.59. The quantitative estimate of drug-likeness (QED) is 0.726. The van der Waals surface area contributed by atoms with Crippen molar-refractivity contribution in [2.75, 3.05) is 39.4 Å². The fourth-order valence-electron chi connectivity index (χ4n) is 3.96. The summed E-state index contributed by atoms with van der Waals surface area (Å²) < 4.78 is 32.6. The van der Waals surface area contributed by atoms with Crippen LogP contribution in [0.1, 0.15) is 28.8 Å². The van der Waals surface area contributed by atoms with Gasteiger partial charge in [-0.2, -0.15) is 4.31 Å². The van der Waals surface area contributed by atoms with Crippen LogP contribution in [0.4, 0.5) is 0 Å². The lowest BCUT2D eigenvalue weighted by molar-refractivity contribution is 0.0303. The van der Waals surface area contributed by atoms with E-state index in [9.17, 15) is 13.2 Å². The summed E-state index contributed by atoms with van der Waals surface area (Å²) in [6, 6.07) is 11.3. The Morgan fingerprint density at radius 3 is 2.34 bits per heavy atom. The lowest BCUT2D eigenvalue weighted by atomic mass is 9.90. The number of rotatable bonds is 5. The van der Waals surface area contributed by atoms with Gasteiger partial charge in [-0.05, 0) is 54.3 Å². The Hall–Kier alpha value is -1.74. The number of morpholine rings is 1. The molecule has 0 spiro atoms. The van der Waals surface area contributed by atoms with Crippen molar-refractivity contribution in [1.29, 1.82) is 0 Å². The zero-order valence-corrected chi connectivity index (χ0v) is 18.0. The normalized spacial score (nSPS) is 19.4. The van der Waals surface area contributed by atoms with Crippen LogP contribution in [0.3, 0.4) is 0 Å². The number of amides is 1. The van der Waals surface area contributed by atoms with E-state index in [1.807, 2.05) is 29.2 Å². The molecule has 1 aromatic carbocycles. The van der Waals surface area contributed by atoms with Gasteiger partial charge in [-0.1, -0.05) is 18.2 Å². The monoisotopic (exact) mass is 434 g/mol. The molecule has 2 saturated heterocycles. The highest BCUT2D eigenvalue weighted by molar-refractivity contribution is 7.91. The fraction of sp³-hybridized carbons (Fsp3) is 0.476. The molecular formula is C21H26N2O4S2. The van der Waals surface area contributed by atoms with Crippen molar-refractivity contribution in [2.45, 2.75) is 23.5 Å². The van der Waals surface area contributed by atoms with E-state index in [1.165, 1.54) is 16.9 Å². The van der Waals surface area contributed by atoms with Gasteiger partial charge in [0.2, 0.25) is 0 Å². The highest BCUT2D eigenvalue weighted by atomic mass is 32.2. The lowest BCUT2D eigenvalue weighted by Crippen LogP contribution is -2.40. The van der Waals surface area contributed by atoms with Crippen LogP contribution in [-0.4, -0.2) is 62.9 Å². The van der Waals surface area contributed by atoms with Gasteiger partial charge < -0.3 is 9.64 Å². The maximum atomic E-state index is 12.6. The molecule has 2 aliphatic heterocycles. The van der Waals surface area contributed by atoms with E-state index in [4.69, 9.17) is 4.74 Å². The number of carbonyl (C=O) groups excluding carboxylic acids is 1. The number of sulfonamides is 1. The van der Waals surface area contributed by atoms with Crippen molar-refractivity contribution in [3.8, 4) is 0 Å². The van der Waals surface area contributed by atoms with Crippen molar-refractivity contribution in [3.63, 3.8) is 0 Å². The van der Waals surface area contributed by atoms with Crippen LogP contribution in [0.25, 0.3) is 0 Å². The molecule has 29 heavy (non-hydrogen) atoms. The molecule has 0 saturated carbocycles. The molecule has 4 rings (SSSR count). The second kappa shape index (κ2) is 8.95. The molecule has 156 valence electrons. The molecule has 0 unspecified atom stereocenters. The Balaban J connectivity index is 1.31. The first kappa shape index (κ1) is 20.5. The molecule has 0 N–H and O–H groups in total. The summed E-state index contributed by atoms with van der Waals surface area (Å²) in [5.74, 6) is 0.525. The average molecular weight is 435 g/mol. The minimum Gasteiger partial charge on any atom is -0.378 e. The SMILES string of the molecule is O=C(c1ccc(CC2CCN(S(=O)(=O)c3cccs3)CC2)cc1)N1CCOCC1. The second-order valence-corrected chi connectivity index (χ2v) is 10.7. The Bertz CT molecular complexity index is 912. The first-order chi connectivity index (χ1) is 14.0. The van der Waals surface area contributed by atoms with Crippen molar-refractivity contribution in [3.05, 3.63) is 52.9 Å². The molecular weight excluding hydrogens is 408 g/mol. The Kier molecular flexibility index (Phi) is 6.34. The smallest absolute Gasteiger partial charge is 0.254 e. The van der Waals surface area contributed by atoms with Crippen LogP contribution >= 0.6 is 11.3 Å². The Morgan fingerprint density at radius 1 is 1.03 bits per heavy atom. The summed E-state index contributed by atoms with van der Waals surface area (Å²) in [6.45, 7) is 3.63. The summed E-state index contributed by atoms with van der Waals surface area (Å²) in [6.07, 6.45) is 2.64. The molecule has 2 aliphatic rings. The van der Waals surface area contributed by atoms with Crippen LogP contribution in [0.5, 0.6) is 0 Å². The van der Waals surface area contributed by atoms with Crippen LogP contribution in [-0.2, 0) is 21.2 Å². The van der Waals surface area contributed by atoms with Gasteiger partial charge in [0, 0.05) is 31.7 Å². The number of ether oxygens (including phenoxy) is 1. The van der Waals surface area contributed by atoms with E-state index in [0.717, 1.165) is 19.3 Å². The number of hydrogen-bond donors (Lipinski definition) is 0. The van der Waals surface area contributed by atoms with Gasteiger partial charge in [0.25, 0.3) is 15.9 Å². The van der Waals surface area contributed by atoms with E-state index >= 15 is 0 Å². The predicted molar refractivity (Wildman–Crippen MR) is 113 cm³/mol. The van der Waals surface area contributed by atoms with Crippen LogP contribution in [0.15, 0.2) is 46.0 Å².